The summed E-state index contributed by atoms with van der Waals surface area (Å²) in [5, 5.41) is 4.97. The van der Waals surface area contributed by atoms with Gasteiger partial charge in [-0.25, -0.2) is 4.85 Å². The maximum Gasteiger partial charge on any atom is 0.187 e. The first-order chi connectivity index (χ1) is 20.6. The quantitative estimate of drug-likeness (QED) is 0.199. The van der Waals surface area contributed by atoms with E-state index in [1.165, 1.54) is 54.7 Å². The zero-order chi connectivity index (χ0) is 28.4. The number of benzene rings is 6. The average Bonchev–Trinajstić information content (AvgIpc) is 3.54. The number of rotatable bonds is 3. The summed E-state index contributed by atoms with van der Waals surface area (Å²) in [6, 6.07) is 45.5. The number of fused-ring (bicyclic) bond motifs is 6. The maximum atomic E-state index is 7.55. The molecule has 0 saturated heterocycles. The number of hydrogen-bond donors (Lipinski definition) is 0. The van der Waals surface area contributed by atoms with Gasteiger partial charge in [-0.15, -0.1) is 0 Å². The van der Waals surface area contributed by atoms with Crippen molar-refractivity contribution in [2.45, 2.75) is 13.8 Å². The molecule has 198 valence electrons. The minimum Gasteiger partial charge on any atom is -0.309 e. The van der Waals surface area contributed by atoms with Crippen molar-refractivity contribution in [3.63, 3.8) is 0 Å². The van der Waals surface area contributed by atoms with Gasteiger partial charge in [0, 0.05) is 32.9 Å². The lowest BCUT2D eigenvalue weighted by molar-refractivity contribution is 1.12. The molecule has 0 aliphatic heterocycles. The molecular formula is C39H27N3. The minimum atomic E-state index is 0.678. The van der Waals surface area contributed by atoms with Gasteiger partial charge in [-0.2, -0.15) is 0 Å². The van der Waals surface area contributed by atoms with Crippen LogP contribution in [0, 0.1) is 20.4 Å². The highest BCUT2D eigenvalue weighted by atomic mass is 15.0. The summed E-state index contributed by atoms with van der Waals surface area (Å²) in [5.74, 6) is 0. The van der Waals surface area contributed by atoms with E-state index in [1.54, 1.807) is 0 Å². The Morgan fingerprint density at radius 2 is 1.14 bits per heavy atom. The molecule has 3 nitrogen and oxygen atoms in total. The molecule has 0 amide bonds. The topological polar surface area (TPSA) is 14.2 Å². The largest absolute Gasteiger partial charge is 0.309 e. The number of aryl methyl sites for hydroxylation is 2. The van der Waals surface area contributed by atoms with Crippen LogP contribution in [0.5, 0.6) is 0 Å². The van der Waals surface area contributed by atoms with Crippen molar-refractivity contribution in [2.24, 2.45) is 0 Å². The first-order valence-corrected chi connectivity index (χ1v) is 14.2. The van der Waals surface area contributed by atoms with E-state index >= 15 is 0 Å². The molecular weight excluding hydrogens is 510 g/mol. The molecule has 2 heterocycles. The normalized spacial score (nSPS) is 11.5. The van der Waals surface area contributed by atoms with Crippen LogP contribution in [-0.2, 0) is 0 Å². The number of hydrogen-bond acceptors (Lipinski definition) is 0. The molecule has 0 spiro atoms. The van der Waals surface area contributed by atoms with Crippen LogP contribution in [0.3, 0.4) is 0 Å². The van der Waals surface area contributed by atoms with Crippen molar-refractivity contribution < 1.29 is 0 Å². The molecule has 2 aromatic heterocycles. The van der Waals surface area contributed by atoms with Crippen LogP contribution < -0.4 is 0 Å². The van der Waals surface area contributed by atoms with Gasteiger partial charge >= 0.3 is 0 Å². The zero-order valence-corrected chi connectivity index (χ0v) is 23.5. The lowest BCUT2D eigenvalue weighted by Crippen LogP contribution is -2.00. The predicted octanol–water partition coefficient (Wildman–Crippen LogP) is 10.7. The third-order valence-corrected chi connectivity index (χ3v) is 8.53. The first-order valence-electron chi connectivity index (χ1n) is 14.2. The minimum absolute atomic E-state index is 0.678. The molecule has 0 unspecified atom stereocenters. The summed E-state index contributed by atoms with van der Waals surface area (Å²) < 4.78 is 4.76. The second kappa shape index (κ2) is 9.23. The SMILES string of the molecule is [C-]#[N+]c1cc(C)c(-n2c3ccccc3c3c(-c4ccc5c6ccccc6n(-c6ccccc6)c5c4)cccc32)c(C)c1. The van der Waals surface area contributed by atoms with Gasteiger partial charge in [-0.05, 0) is 72.5 Å². The van der Waals surface area contributed by atoms with Crippen LogP contribution in [-0.4, -0.2) is 9.13 Å². The molecule has 0 fully saturated rings. The van der Waals surface area contributed by atoms with Gasteiger partial charge in [0.15, 0.2) is 5.69 Å². The lowest BCUT2D eigenvalue weighted by Gasteiger charge is -2.15. The van der Waals surface area contributed by atoms with Gasteiger partial charge in [-0.1, -0.05) is 91.0 Å². The highest BCUT2D eigenvalue weighted by molar-refractivity contribution is 6.17. The van der Waals surface area contributed by atoms with E-state index < -0.39 is 0 Å². The summed E-state index contributed by atoms with van der Waals surface area (Å²) in [6.45, 7) is 11.8. The summed E-state index contributed by atoms with van der Waals surface area (Å²) >= 11 is 0. The second-order valence-corrected chi connectivity index (χ2v) is 11.0. The van der Waals surface area contributed by atoms with Gasteiger partial charge in [0.1, 0.15) is 0 Å². The standard InChI is InChI=1S/C39H27N3/c1-25-22-28(40-3)23-26(2)39(25)42-35-18-10-8-15-33(35)38-30(16-11-19-36(38)42)27-20-21-32-31-14-7-9-17-34(31)41(37(32)24-27)29-12-5-4-6-13-29/h4-24H,1-2H3. The molecule has 0 aliphatic carbocycles. The highest BCUT2D eigenvalue weighted by Crippen LogP contribution is 2.42. The molecule has 0 saturated carbocycles. The Labute approximate surface area is 244 Å². The Hall–Kier alpha value is -5.59. The monoisotopic (exact) mass is 537 g/mol. The Morgan fingerprint density at radius 1 is 0.524 bits per heavy atom. The molecule has 8 aromatic rings. The first kappa shape index (κ1) is 24.2. The van der Waals surface area contributed by atoms with Gasteiger partial charge in [-0.3, -0.25) is 0 Å². The van der Waals surface area contributed by atoms with Crippen LogP contribution in [0.15, 0.2) is 127 Å². The van der Waals surface area contributed by atoms with Crippen LogP contribution in [0.4, 0.5) is 5.69 Å². The maximum absolute atomic E-state index is 7.55. The highest BCUT2D eigenvalue weighted by Gasteiger charge is 2.19. The Morgan fingerprint density at radius 3 is 1.88 bits per heavy atom. The van der Waals surface area contributed by atoms with Gasteiger partial charge in [0.05, 0.1) is 28.6 Å². The Bertz CT molecular complexity index is 2360. The summed E-state index contributed by atoms with van der Waals surface area (Å²) in [6.07, 6.45) is 0. The molecule has 42 heavy (non-hydrogen) atoms. The molecule has 0 N–H and O–H groups in total. The molecule has 0 atom stereocenters. The van der Waals surface area contributed by atoms with Crippen molar-refractivity contribution in [3.8, 4) is 22.5 Å². The molecule has 6 aromatic carbocycles. The van der Waals surface area contributed by atoms with E-state index in [1.807, 2.05) is 12.1 Å². The molecule has 8 rings (SSSR count). The van der Waals surface area contributed by atoms with Crippen LogP contribution in [0.2, 0.25) is 0 Å². The van der Waals surface area contributed by atoms with E-state index in [0.717, 1.165) is 22.5 Å². The van der Waals surface area contributed by atoms with Crippen LogP contribution in [0.1, 0.15) is 11.1 Å². The number of para-hydroxylation sites is 3. The summed E-state index contributed by atoms with van der Waals surface area (Å²) in [5.41, 5.74) is 12.3. The smallest absolute Gasteiger partial charge is 0.187 e. The molecule has 3 heteroatoms. The molecule has 0 bridgehead atoms. The number of nitrogens with zero attached hydrogens (tertiary/aromatic N) is 3. The number of aromatic nitrogens is 2. The fraction of sp³-hybridized carbons (Fsp3) is 0.0513. The molecule has 0 radical (unpaired) electrons. The van der Waals surface area contributed by atoms with Crippen molar-refractivity contribution >= 4 is 49.3 Å². The second-order valence-electron chi connectivity index (χ2n) is 11.0. The molecule has 0 aliphatic rings. The fourth-order valence-electron chi connectivity index (χ4n) is 6.84. The Balaban J connectivity index is 1.45. The van der Waals surface area contributed by atoms with Gasteiger partial charge < -0.3 is 9.13 Å². The van der Waals surface area contributed by atoms with Gasteiger partial charge in [0.25, 0.3) is 0 Å². The fourth-order valence-corrected chi connectivity index (χ4v) is 6.84. The van der Waals surface area contributed by atoms with Crippen LogP contribution >= 0.6 is 0 Å². The summed E-state index contributed by atoms with van der Waals surface area (Å²) in [7, 11) is 0. The van der Waals surface area contributed by atoms with E-state index in [9.17, 15) is 0 Å². The van der Waals surface area contributed by atoms with Crippen molar-refractivity contribution in [1.29, 1.82) is 0 Å². The summed E-state index contributed by atoms with van der Waals surface area (Å²) in [4.78, 5) is 3.70. The van der Waals surface area contributed by atoms with Crippen LogP contribution in [0.25, 0.3) is 71.0 Å². The van der Waals surface area contributed by atoms with E-state index in [4.69, 9.17) is 6.57 Å². The predicted molar refractivity (Wildman–Crippen MR) is 176 cm³/mol. The third-order valence-electron chi connectivity index (χ3n) is 8.53. The zero-order valence-electron chi connectivity index (χ0n) is 23.5. The van der Waals surface area contributed by atoms with Crippen molar-refractivity contribution in [2.75, 3.05) is 0 Å². The van der Waals surface area contributed by atoms with Crippen molar-refractivity contribution in [1.82, 2.24) is 9.13 Å². The lowest BCUT2D eigenvalue weighted by atomic mass is 9.98. The van der Waals surface area contributed by atoms with E-state index in [0.29, 0.717) is 5.69 Å². The average molecular weight is 538 g/mol. The van der Waals surface area contributed by atoms with E-state index in [-0.39, 0.29) is 0 Å². The van der Waals surface area contributed by atoms with Crippen molar-refractivity contribution in [3.05, 3.63) is 150 Å². The third kappa shape index (κ3) is 3.46. The Kier molecular flexibility index (Phi) is 5.32. The van der Waals surface area contributed by atoms with Gasteiger partial charge in [0.2, 0.25) is 0 Å². The van der Waals surface area contributed by atoms with E-state index in [2.05, 4.69) is 143 Å².